The predicted molar refractivity (Wildman–Crippen MR) is 119 cm³/mol. The van der Waals surface area contributed by atoms with Gasteiger partial charge in [-0.05, 0) is 61.7 Å². The molecule has 0 saturated heterocycles. The topological polar surface area (TPSA) is 106 Å². The molecule has 1 amide bonds. The molecule has 0 unspecified atom stereocenters. The first-order valence-electron chi connectivity index (χ1n) is 10.1. The van der Waals surface area contributed by atoms with E-state index in [1.807, 2.05) is 19.1 Å². The lowest BCUT2D eigenvalue weighted by Gasteiger charge is -2.12. The molecule has 1 aliphatic rings. The number of amidine groups is 1. The number of carbonyl (C=O) groups excluding carboxylic acids is 1. The van der Waals surface area contributed by atoms with Crippen molar-refractivity contribution in [2.75, 3.05) is 25.6 Å². The number of nitrogens with zero attached hydrogens (tertiary/aromatic N) is 1. The van der Waals surface area contributed by atoms with Crippen LogP contribution in [0.3, 0.4) is 0 Å². The number of nitrogens with one attached hydrogen (secondary N) is 2. The van der Waals surface area contributed by atoms with Crippen LogP contribution >= 0.6 is 0 Å². The van der Waals surface area contributed by atoms with Crippen molar-refractivity contribution < 1.29 is 22.7 Å². The smallest absolute Gasteiger partial charge is 0.262 e. The van der Waals surface area contributed by atoms with Crippen LogP contribution in [-0.4, -0.2) is 40.4 Å². The van der Waals surface area contributed by atoms with E-state index in [2.05, 4.69) is 15.0 Å². The first-order chi connectivity index (χ1) is 14.9. The van der Waals surface area contributed by atoms with Gasteiger partial charge in [-0.3, -0.25) is 14.5 Å². The molecule has 2 aromatic rings. The molecule has 3 rings (SSSR count). The summed E-state index contributed by atoms with van der Waals surface area (Å²) in [5.74, 6) is 1.15. The number of hydrogen-bond acceptors (Lipinski definition) is 6. The monoisotopic (exact) mass is 445 g/mol. The maximum absolute atomic E-state index is 12.6. The first-order valence-corrected chi connectivity index (χ1v) is 11.6. The number of carbonyl (C=O) groups is 1. The Morgan fingerprint density at radius 1 is 1.06 bits per heavy atom. The van der Waals surface area contributed by atoms with Gasteiger partial charge in [0.25, 0.3) is 15.9 Å². The van der Waals surface area contributed by atoms with E-state index in [9.17, 15) is 13.2 Å². The van der Waals surface area contributed by atoms with Gasteiger partial charge >= 0.3 is 0 Å². The van der Waals surface area contributed by atoms with Crippen LogP contribution in [0.25, 0.3) is 0 Å². The Balaban J connectivity index is 1.57. The molecule has 1 aliphatic heterocycles. The number of sulfonamides is 1. The fraction of sp³-hybridized carbons (Fsp3) is 0.364. The summed E-state index contributed by atoms with van der Waals surface area (Å²) in [6.45, 7) is 2.36. The number of ether oxygens (including phenoxy) is 2. The van der Waals surface area contributed by atoms with Crippen LogP contribution in [0.1, 0.15) is 31.2 Å². The summed E-state index contributed by atoms with van der Waals surface area (Å²) in [4.78, 5) is 16.6. The number of aryl methyl sites for hydroxylation is 1. The SMILES string of the molecule is COc1cc(C)ccc1OCC(=O)Nc1ccc(S(=O)(=O)NC2=NCCCCC2)cc1. The van der Waals surface area contributed by atoms with Crippen LogP contribution in [0.15, 0.2) is 52.4 Å². The van der Waals surface area contributed by atoms with Crippen molar-refractivity contribution in [1.82, 2.24) is 4.72 Å². The van der Waals surface area contributed by atoms with Gasteiger partial charge in [0, 0.05) is 18.7 Å². The van der Waals surface area contributed by atoms with Crippen molar-refractivity contribution in [3.8, 4) is 11.5 Å². The summed E-state index contributed by atoms with van der Waals surface area (Å²) in [7, 11) is -2.17. The van der Waals surface area contributed by atoms with E-state index in [1.54, 1.807) is 6.07 Å². The van der Waals surface area contributed by atoms with Crippen molar-refractivity contribution in [3.63, 3.8) is 0 Å². The lowest BCUT2D eigenvalue weighted by Crippen LogP contribution is -2.30. The van der Waals surface area contributed by atoms with Crippen molar-refractivity contribution in [3.05, 3.63) is 48.0 Å². The van der Waals surface area contributed by atoms with Crippen molar-refractivity contribution in [2.24, 2.45) is 4.99 Å². The molecule has 9 heteroatoms. The van der Waals surface area contributed by atoms with Crippen LogP contribution < -0.4 is 19.5 Å². The summed E-state index contributed by atoms with van der Waals surface area (Å²) in [5, 5.41) is 2.69. The Morgan fingerprint density at radius 3 is 2.58 bits per heavy atom. The van der Waals surface area contributed by atoms with Gasteiger partial charge < -0.3 is 14.8 Å². The second-order valence-corrected chi connectivity index (χ2v) is 8.94. The van der Waals surface area contributed by atoms with Gasteiger partial charge in [-0.25, -0.2) is 8.42 Å². The quantitative estimate of drug-likeness (QED) is 0.680. The molecule has 0 fully saturated rings. The molecule has 31 heavy (non-hydrogen) atoms. The predicted octanol–water partition coefficient (Wildman–Crippen LogP) is 3.27. The molecule has 0 bridgehead atoms. The first kappa shape index (κ1) is 22.6. The minimum absolute atomic E-state index is 0.109. The normalized spacial score (nSPS) is 14.2. The minimum Gasteiger partial charge on any atom is -0.493 e. The van der Waals surface area contributed by atoms with E-state index in [0.717, 1.165) is 24.8 Å². The van der Waals surface area contributed by atoms with E-state index in [0.29, 0.717) is 36.0 Å². The summed E-state index contributed by atoms with van der Waals surface area (Å²) in [6.07, 6.45) is 3.56. The zero-order valence-corrected chi connectivity index (χ0v) is 18.5. The lowest BCUT2D eigenvalue weighted by atomic mass is 10.2. The van der Waals surface area contributed by atoms with E-state index in [-0.39, 0.29) is 17.4 Å². The lowest BCUT2D eigenvalue weighted by molar-refractivity contribution is -0.118. The number of rotatable bonds is 7. The number of methoxy groups -OCH3 is 1. The highest BCUT2D eigenvalue weighted by Crippen LogP contribution is 2.27. The minimum atomic E-state index is -3.71. The molecule has 0 radical (unpaired) electrons. The molecule has 0 atom stereocenters. The van der Waals surface area contributed by atoms with Gasteiger partial charge in [0.15, 0.2) is 18.1 Å². The summed E-state index contributed by atoms with van der Waals surface area (Å²) in [6, 6.07) is 11.4. The highest BCUT2D eigenvalue weighted by atomic mass is 32.2. The van der Waals surface area contributed by atoms with Crippen LogP contribution in [0.4, 0.5) is 5.69 Å². The molecular formula is C22H27N3O5S. The Morgan fingerprint density at radius 2 is 1.84 bits per heavy atom. The van der Waals surface area contributed by atoms with E-state index < -0.39 is 10.0 Å². The van der Waals surface area contributed by atoms with Crippen molar-refractivity contribution in [2.45, 2.75) is 37.5 Å². The molecule has 166 valence electrons. The molecule has 0 aromatic heterocycles. The molecule has 0 spiro atoms. The van der Waals surface area contributed by atoms with Crippen LogP contribution in [0.2, 0.25) is 0 Å². The number of hydrogen-bond donors (Lipinski definition) is 2. The largest absolute Gasteiger partial charge is 0.493 e. The van der Waals surface area contributed by atoms with E-state index in [4.69, 9.17) is 9.47 Å². The van der Waals surface area contributed by atoms with Crippen LogP contribution in [0.5, 0.6) is 11.5 Å². The fourth-order valence-corrected chi connectivity index (χ4v) is 4.21. The van der Waals surface area contributed by atoms with Gasteiger partial charge in [-0.15, -0.1) is 0 Å². The Hall–Kier alpha value is -3.07. The Bertz CT molecular complexity index is 1050. The third-order valence-corrected chi connectivity index (χ3v) is 6.15. The van der Waals surface area contributed by atoms with Crippen LogP contribution in [0, 0.1) is 6.92 Å². The van der Waals surface area contributed by atoms with Crippen molar-refractivity contribution in [1.29, 1.82) is 0 Å². The van der Waals surface area contributed by atoms with Gasteiger partial charge in [0.2, 0.25) is 0 Å². The number of anilines is 1. The zero-order chi connectivity index (χ0) is 22.3. The number of aliphatic imine (C=N–C) groups is 1. The highest BCUT2D eigenvalue weighted by molar-refractivity contribution is 7.90. The van der Waals surface area contributed by atoms with Gasteiger partial charge in [0.1, 0.15) is 5.84 Å². The summed E-state index contributed by atoms with van der Waals surface area (Å²) >= 11 is 0. The van der Waals surface area contributed by atoms with Crippen LogP contribution in [-0.2, 0) is 14.8 Å². The summed E-state index contributed by atoms with van der Waals surface area (Å²) < 4.78 is 38.5. The van der Waals surface area contributed by atoms with Gasteiger partial charge in [0.05, 0.1) is 12.0 Å². The average Bonchev–Trinajstić information content (AvgIpc) is 3.01. The van der Waals surface area contributed by atoms with Crippen molar-refractivity contribution >= 4 is 27.5 Å². The van der Waals surface area contributed by atoms with E-state index in [1.165, 1.54) is 31.4 Å². The molecule has 0 aliphatic carbocycles. The van der Waals surface area contributed by atoms with E-state index >= 15 is 0 Å². The fourth-order valence-electron chi connectivity index (χ4n) is 3.12. The average molecular weight is 446 g/mol. The second-order valence-electron chi connectivity index (χ2n) is 7.26. The van der Waals surface area contributed by atoms with Gasteiger partial charge in [-0.1, -0.05) is 12.5 Å². The van der Waals surface area contributed by atoms with Gasteiger partial charge in [-0.2, -0.15) is 0 Å². The third kappa shape index (κ3) is 6.45. The zero-order valence-electron chi connectivity index (χ0n) is 17.7. The molecule has 0 saturated carbocycles. The molecule has 2 aromatic carbocycles. The molecule has 2 N–H and O–H groups in total. The molecule has 1 heterocycles. The Kier molecular flexibility index (Phi) is 7.51. The molecular weight excluding hydrogens is 418 g/mol. The maximum atomic E-state index is 12.6. The standard InChI is InChI=1S/C22H27N3O5S/c1-16-7-12-19(20(14-16)29-2)30-15-22(26)24-17-8-10-18(11-9-17)31(27,28)25-21-6-4-3-5-13-23-21/h7-12,14H,3-6,13,15H2,1-2H3,(H,23,25)(H,24,26). The third-order valence-electron chi connectivity index (χ3n) is 4.75. The second kappa shape index (κ2) is 10.3. The highest BCUT2D eigenvalue weighted by Gasteiger charge is 2.17. The number of amides is 1. The maximum Gasteiger partial charge on any atom is 0.262 e. The summed E-state index contributed by atoms with van der Waals surface area (Å²) in [5.41, 5.74) is 1.49. The Labute approximate surface area is 182 Å². The molecule has 8 nitrogen and oxygen atoms in total. The number of benzene rings is 2.